The van der Waals surface area contributed by atoms with Crippen LogP contribution in [-0.4, -0.2) is 16.0 Å². The molecule has 0 aliphatic heterocycles. The summed E-state index contributed by atoms with van der Waals surface area (Å²) in [6.07, 6.45) is 1.15. The Morgan fingerprint density at radius 3 is 2.72 bits per heavy atom. The molecule has 0 aliphatic rings. The standard InChI is InChI=1S/C13H11FN2O2/c1-8-2-4-10(6-11(8)17)16-13(18)9-3-5-12(14)15-7-9/h2-7,17H,1H3,(H,16,18). The largest absolute Gasteiger partial charge is 0.508 e. The van der Waals surface area contributed by atoms with E-state index in [0.717, 1.165) is 17.8 Å². The van der Waals surface area contributed by atoms with E-state index in [2.05, 4.69) is 10.3 Å². The van der Waals surface area contributed by atoms with Gasteiger partial charge in [-0.25, -0.2) is 4.98 Å². The molecule has 0 radical (unpaired) electrons. The van der Waals surface area contributed by atoms with Crippen LogP contribution in [0.5, 0.6) is 5.75 Å². The lowest BCUT2D eigenvalue weighted by Gasteiger charge is -2.06. The summed E-state index contributed by atoms with van der Waals surface area (Å²) in [4.78, 5) is 15.2. The van der Waals surface area contributed by atoms with Crippen molar-refractivity contribution >= 4 is 11.6 Å². The van der Waals surface area contributed by atoms with Gasteiger partial charge in [0, 0.05) is 18.0 Å². The van der Waals surface area contributed by atoms with Gasteiger partial charge in [0.15, 0.2) is 0 Å². The Balaban J connectivity index is 2.16. The first-order chi connectivity index (χ1) is 8.56. The zero-order valence-corrected chi connectivity index (χ0v) is 9.64. The quantitative estimate of drug-likeness (QED) is 0.800. The molecule has 0 atom stereocenters. The topological polar surface area (TPSA) is 62.2 Å². The number of hydrogen-bond donors (Lipinski definition) is 2. The van der Waals surface area contributed by atoms with Gasteiger partial charge in [0.05, 0.1) is 5.56 Å². The number of carbonyl (C=O) groups is 1. The molecule has 2 aromatic rings. The van der Waals surface area contributed by atoms with Crippen LogP contribution in [0.3, 0.4) is 0 Å². The fourth-order valence-corrected chi connectivity index (χ4v) is 1.40. The van der Waals surface area contributed by atoms with Crippen LogP contribution in [-0.2, 0) is 0 Å². The highest BCUT2D eigenvalue weighted by molar-refractivity contribution is 6.04. The second-order valence-electron chi connectivity index (χ2n) is 3.82. The van der Waals surface area contributed by atoms with E-state index in [1.54, 1.807) is 19.1 Å². The molecule has 0 unspecified atom stereocenters. The summed E-state index contributed by atoms with van der Waals surface area (Å²) in [5.74, 6) is -0.949. The third kappa shape index (κ3) is 2.63. The summed E-state index contributed by atoms with van der Waals surface area (Å²) in [6, 6.07) is 7.26. The average molecular weight is 246 g/mol. The van der Waals surface area contributed by atoms with Gasteiger partial charge in [-0.2, -0.15) is 4.39 Å². The number of phenolic OH excluding ortho intramolecular Hbond substituents is 1. The molecule has 0 bridgehead atoms. The second kappa shape index (κ2) is 4.83. The van der Waals surface area contributed by atoms with Crippen molar-refractivity contribution in [1.82, 2.24) is 4.98 Å². The van der Waals surface area contributed by atoms with Gasteiger partial charge in [-0.1, -0.05) is 6.07 Å². The van der Waals surface area contributed by atoms with E-state index in [0.29, 0.717) is 5.69 Å². The number of nitrogens with zero attached hydrogens (tertiary/aromatic N) is 1. The number of phenols is 1. The number of pyridine rings is 1. The number of halogens is 1. The van der Waals surface area contributed by atoms with Crippen molar-refractivity contribution < 1.29 is 14.3 Å². The molecule has 5 heteroatoms. The van der Waals surface area contributed by atoms with Crippen molar-refractivity contribution in [3.8, 4) is 5.75 Å². The first-order valence-corrected chi connectivity index (χ1v) is 5.29. The number of amides is 1. The van der Waals surface area contributed by atoms with E-state index in [4.69, 9.17) is 0 Å². The highest BCUT2D eigenvalue weighted by Gasteiger charge is 2.07. The number of aryl methyl sites for hydroxylation is 1. The summed E-state index contributed by atoms with van der Waals surface area (Å²) in [6.45, 7) is 1.75. The van der Waals surface area contributed by atoms with Crippen LogP contribution in [0.15, 0.2) is 36.5 Å². The lowest BCUT2D eigenvalue weighted by Crippen LogP contribution is -2.12. The Morgan fingerprint density at radius 1 is 1.33 bits per heavy atom. The average Bonchev–Trinajstić information content (AvgIpc) is 2.34. The first kappa shape index (κ1) is 12.0. The number of rotatable bonds is 2. The van der Waals surface area contributed by atoms with Gasteiger partial charge in [-0.3, -0.25) is 4.79 Å². The molecule has 4 nitrogen and oxygen atoms in total. The number of benzene rings is 1. The Kier molecular flexibility index (Phi) is 3.23. The molecule has 2 N–H and O–H groups in total. The second-order valence-corrected chi connectivity index (χ2v) is 3.82. The molecule has 0 fully saturated rings. The Labute approximate surface area is 103 Å². The van der Waals surface area contributed by atoms with Crippen LogP contribution >= 0.6 is 0 Å². The zero-order chi connectivity index (χ0) is 13.1. The monoisotopic (exact) mass is 246 g/mol. The molecule has 0 aliphatic carbocycles. The van der Waals surface area contributed by atoms with Crippen LogP contribution in [0.2, 0.25) is 0 Å². The molecular weight excluding hydrogens is 235 g/mol. The van der Waals surface area contributed by atoms with Crippen LogP contribution < -0.4 is 5.32 Å². The predicted octanol–water partition coefficient (Wildman–Crippen LogP) is 2.49. The summed E-state index contributed by atoms with van der Waals surface area (Å²) in [5.41, 5.74) is 1.43. The summed E-state index contributed by atoms with van der Waals surface area (Å²) >= 11 is 0. The van der Waals surface area contributed by atoms with E-state index in [1.807, 2.05) is 0 Å². The van der Waals surface area contributed by atoms with Gasteiger partial charge >= 0.3 is 0 Å². The molecule has 1 amide bonds. The minimum Gasteiger partial charge on any atom is -0.508 e. The Morgan fingerprint density at radius 2 is 2.11 bits per heavy atom. The maximum atomic E-state index is 12.6. The third-order valence-corrected chi connectivity index (χ3v) is 2.46. The van der Waals surface area contributed by atoms with E-state index in [9.17, 15) is 14.3 Å². The molecule has 1 heterocycles. The Bertz CT molecular complexity index is 582. The predicted molar refractivity (Wildman–Crippen MR) is 65.0 cm³/mol. The zero-order valence-electron chi connectivity index (χ0n) is 9.64. The van der Waals surface area contributed by atoms with E-state index in [1.165, 1.54) is 12.1 Å². The molecular formula is C13H11FN2O2. The number of aromatic hydroxyl groups is 1. The number of nitrogens with one attached hydrogen (secondary N) is 1. The maximum absolute atomic E-state index is 12.6. The van der Waals surface area contributed by atoms with E-state index >= 15 is 0 Å². The molecule has 1 aromatic heterocycles. The van der Waals surface area contributed by atoms with Crippen LogP contribution in [0.25, 0.3) is 0 Å². The normalized spacial score (nSPS) is 10.1. The molecule has 2 rings (SSSR count). The van der Waals surface area contributed by atoms with Crippen molar-refractivity contribution in [3.63, 3.8) is 0 Å². The van der Waals surface area contributed by atoms with E-state index < -0.39 is 11.9 Å². The number of hydrogen-bond acceptors (Lipinski definition) is 3. The third-order valence-electron chi connectivity index (χ3n) is 2.46. The van der Waals surface area contributed by atoms with Gasteiger partial charge in [-0.05, 0) is 30.7 Å². The fourth-order valence-electron chi connectivity index (χ4n) is 1.40. The van der Waals surface area contributed by atoms with Crippen molar-refractivity contribution in [3.05, 3.63) is 53.6 Å². The number of aromatic nitrogens is 1. The first-order valence-electron chi connectivity index (χ1n) is 5.29. The molecule has 18 heavy (non-hydrogen) atoms. The van der Waals surface area contributed by atoms with Gasteiger partial charge in [0.2, 0.25) is 5.95 Å². The number of anilines is 1. The maximum Gasteiger partial charge on any atom is 0.257 e. The van der Waals surface area contributed by atoms with Crippen molar-refractivity contribution in [2.45, 2.75) is 6.92 Å². The summed E-state index contributed by atoms with van der Waals surface area (Å²) in [7, 11) is 0. The molecule has 0 saturated carbocycles. The lowest BCUT2D eigenvalue weighted by atomic mass is 10.2. The van der Waals surface area contributed by atoms with Gasteiger partial charge < -0.3 is 10.4 Å². The van der Waals surface area contributed by atoms with Crippen LogP contribution in [0.1, 0.15) is 15.9 Å². The Hall–Kier alpha value is -2.43. The molecule has 1 aromatic carbocycles. The van der Waals surface area contributed by atoms with Crippen molar-refractivity contribution in [2.75, 3.05) is 5.32 Å². The molecule has 92 valence electrons. The smallest absolute Gasteiger partial charge is 0.257 e. The molecule has 0 saturated heterocycles. The van der Waals surface area contributed by atoms with Crippen LogP contribution in [0.4, 0.5) is 10.1 Å². The van der Waals surface area contributed by atoms with Crippen molar-refractivity contribution in [2.24, 2.45) is 0 Å². The van der Waals surface area contributed by atoms with E-state index in [-0.39, 0.29) is 11.3 Å². The van der Waals surface area contributed by atoms with Gasteiger partial charge in [-0.15, -0.1) is 0 Å². The fraction of sp³-hybridized carbons (Fsp3) is 0.0769. The van der Waals surface area contributed by atoms with Crippen LogP contribution in [0, 0.1) is 12.9 Å². The summed E-state index contributed by atoms with van der Waals surface area (Å²) in [5, 5.41) is 12.1. The SMILES string of the molecule is Cc1ccc(NC(=O)c2ccc(F)nc2)cc1O. The molecule has 0 spiro atoms. The summed E-state index contributed by atoms with van der Waals surface area (Å²) < 4.78 is 12.6. The minimum atomic E-state index is -0.639. The lowest BCUT2D eigenvalue weighted by molar-refractivity contribution is 0.102. The van der Waals surface area contributed by atoms with Gasteiger partial charge in [0.25, 0.3) is 5.91 Å². The van der Waals surface area contributed by atoms with Crippen molar-refractivity contribution in [1.29, 1.82) is 0 Å². The minimum absolute atomic E-state index is 0.102. The highest BCUT2D eigenvalue weighted by atomic mass is 19.1. The highest BCUT2D eigenvalue weighted by Crippen LogP contribution is 2.21. The number of carbonyl (C=O) groups excluding carboxylic acids is 1. The van der Waals surface area contributed by atoms with Gasteiger partial charge in [0.1, 0.15) is 5.75 Å².